The van der Waals surface area contributed by atoms with Crippen molar-refractivity contribution in [3.8, 4) is 23.1 Å². The minimum Gasteiger partial charge on any atom is -0.368 e. The highest BCUT2D eigenvalue weighted by molar-refractivity contribution is 5.70. The number of halogens is 1. The van der Waals surface area contributed by atoms with Crippen LogP contribution in [-0.4, -0.2) is 15.0 Å². The molecule has 2 N–H and O–H groups in total. The van der Waals surface area contributed by atoms with Crippen LogP contribution >= 0.6 is 0 Å². The summed E-state index contributed by atoms with van der Waals surface area (Å²) in [5.74, 6) is 5.93. The van der Waals surface area contributed by atoms with Crippen molar-refractivity contribution in [2.75, 3.05) is 5.73 Å². The molecule has 24 heavy (non-hydrogen) atoms. The summed E-state index contributed by atoms with van der Waals surface area (Å²) in [5.41, 5.74) is 9.52. The van der Waals surface area contributed by atoms with Gasteiger partial charge in [0.05, 0.1) is 17.0 Å². The van der Waals surface area contributed by atoms with Gasteiger partial charge in [0, 0.05) is 23.5 Å². The predicted molar refractivity (Wildman–Crippen MR) is 91.5 cm³/mol. The Morgan fingerprint density at radius 2 is 1.92 bits per heavy atom. The summed E-state index contributed by atoms with van der Waals surface area (Å²) in [5, 5.41) is 0. The summed E-state index contributed by atoms with van der Waals surface area (Å²) in [6.45, 7) is 3.52. The van der Waals surface area contributed by atoms with Gasteiger partial charge in [0.1, 0.15) is 5.82 Å². The second-order valence-corrected chi connectivity index (χ2v) is 5.35. The smallest absolute Gasteiger partial charge is 0.220 e. The average molecular weight is 318 g/mol. The van der Waals surface area contributed by atoms with Crippen LogP contribution < -0.4 is 5.73 Å². The van der Waals surface area contributed by atoms with Gasteiger partial charge in [0.25, 0.3) is 0 Å². The minimum absolute atomic E-state index is 0.135. The van der Waals surface area contributed by atoms with Crippen LogP contribution in [0, 0.1) is 31.5 Å². The summed E-state index contributed by atoms with van der Waals surface area (Å²) in [6.07, 6.45) is 3.36. The topological polar surface area (TPSA) is 64.7 Å². The Labute approximate surface area is 139 Å². The number of nitrogen functional groups attached to an aromatic ring is 1. The number of aryl methyl sites for hydroxylation is 2. The first kappa shape index (κ1) is 15.6. The summed E-state index contributed by atoms with van der Waals surface area (Å²) < 4.78 is 13.9. The second-order valence-electron chi connectivity index (χ2n) is 5.35. The first-order chi connectivity index (χ1) is 11.5. The number of pyridine rings is 1. The Morgan fingerprint density at radius 3 is 2.62 bits per heavy atom. The van der Waals surface area contributed by atoms with Crippen LogP contribution in [0.3, 0.4) is 0 Å². The third-order valence-electron chi connectivity index (χ3n) is 3.55. The van der Waals surface area contributed by atoms with E-state index in [1.54, 1.807) is 38.4 Å². The van der Waals surface area contributed by atoms with E-state index in [4.69, 9.17) is 5.73 Å². The third-order valence-corrected chi connectivity index (χ3v) is 3.55. The number of hydrogen-bond acceptors (Lipinski definition) is 4. The SMILES string of the molecule is Cc1ccc(-c2nc(N)nc(C)c2C#Cc2cccnc2)cc1F. The Balaban J connectivity index is 2.16. The summed E-state index contributed by atoms with van der Waals surface area (Å²) in [7, 11) is 0. The fourth-order valence-corrected chi connectivity index (χ4v) is 2.26. The summed E-state index contributed by atoms with van der Waals surface area (Å²) in [6, 6.07) is 8.61. The van der Waals surface area contributed by atoms with Crippen LogP contribution in [0.5, 0.6) is 0 Å². The molecule has 0 bridgehead atoms. The minimum atomic E-state index is -0.298. The lowest BCUT2D eigenvalue weighted by Gasteiger charge is -2.08. The van der Waals surface area contributed by atoms with Crippen LogP contribution in [0.25, 0.3) is 11.3 Å². The lowest BCUT2D eigenvalue weighted by atomic mass is 10.0. The molecule has 0 aliphatic carbocycles. The molecule has 4 nitrogen and oxygen atoms in total. The van der Waals surface area contributed by atoms with E-state index in [1.807, 2.05) is 12.1 Å². The van der Waals surface area contributed by atoms with Gasteiger partial charge in [-0.25, -0.2) is 14.4 Å². The standard InChI is InChI=1S/C19H15FN4/c1-12-5-7-15(10-17(12)20)18-16(13(2)23-19(21)24-18)8-6-14-4-3-9-22-11-14/h3-5,7,9-11H,1-2H3,(H2,21,23,24). The fourth-order valence-electron chi connectivity index (χ4n) is 2.26. The normalized spacial score (nSPS) is 10.1. The van der Waals surface area contributed by atoms with Gasteiger partial charge in [-0.1, -0.05) is 24.0 Å². The van der Waals surface area contributed by atoms with E-state index in [0.717, 1.165) is 5.56 Å². The molecule has 0 spiro atoms. The Morgan fingerprint density at radius 1 is 1.08 bits per heavy atom. The maximum Gasteiger partial charge on any atom is 0.220 e. The maximum absolute atomic E-state index is 13.9. The van der Waals surface area contributed by atoms with E-state index in [9.17, 15) is 4.39 Å². The molecule has 0 saturated carbocycles. The van der Waals surface area contributed by atoms with Gasteiger partial charge in [0.15, 0.2) is 0 Å². The molecule has 0 atom stereocenters. The number of nitrogens with two attached hydrogens (primary N) is 1. The van der Waals surface area contributed by atoms with E-state index < -0.39 is 0 Å². The highest BCUT2D eigenvalue weighted by Crippen LogP contribution is 2.25. The first-order valence-electron chi connectivity index (χ1n) is 7.37. The summed E-state index contributed by atoms with van der Waals surface area (Å²) >= 11 is 0. The molecule has 0 unspecified atom stereocenters. The number of rotatable bonds is 1. The molecule has 0 fully saturated rings. The first-order valence-corrected chi connectivity index (χ1v) is 7.37. The van der Waals surface area contributed by atoms with Gasteiger partial charge in [-0.3, -0.25) is 4.98 Å². The molecule has 3 rings (SSSR count). The molecule has 2 heterocycles. The van der Waals surface area contributed by atoms with E-state index in [-0.39, 0.29) is 11.8 Å². The molecule has 0 amide bonds. The van der Waals surface area contributed by atoms with Crippen molar-refractivity contribution in [1.82, 2.24) is 15.0 Å². The van der Waals surface area contributed by atoms with E-state index >= 15 is 0 Å². The Kier molecular flexibility index (Phi) is 4.21. The number of aromatic nitrogens is 3. The zero-order valence-corrected chi connectivity index (χ0v) is 13.3. The van der Waals surface area contributed by atoms with Gasteiger partial charge in [-0.05, 0) is 37.6 Å². The number of benzene rings is 1. The van der Waals surface area contributed by atoms with Gasteiger partial charge in [-0.2, -0.15) is 0 Å². The quantitative estimate of drug-likeness (QED) is 0.699. The van der Waals surface area contributed by atoms with Crippen molar-refractivity contribution in [3.63, 3.8) is 0 Å². The van der Waals surface area contributed by atoms with Gasteiger partial charge in [-0.15, -0.1) is 0 Å². The summed E-state index contributed by atoms with van der Waals surface area (Å²) in [4.78, 5) is 12.5. The highest BCUT2D eigenvalue weighted by Gasteiger charge is 2.12. The fraction of sp³-hybridized carbons (Fsp3) is 0.105. The zero-order valence-electron chi connectivity index (χ0n) is 13.3. The van der Waals surface area contributed by atoms with Crippen molar-refractivity contribution in [1.29, 1.82) is 0 Å². The molecule has 0 saturated heterocycles. The molecule has 1 aromatic carbocycles. The van der Waals surface area contributed by atoms with Crippen molar-refractivity contribution in [2.24, 2.45) is 0 Å². The molecule has 0 radical (unpaired) electrons. The molecule has 0 aliphatic heterocycles. The maximum atomic E-state index is 13.9. The van der Waals surface area contributed by atoms with Crippen molar-refractivity contribution >= 4 is 5.95 Å². The van der Waals surface area contributed by atoms with E-state index in [1.165, 1.54) is 6.07 Å². The predicted octanol–water partition coefficient (Wildman–Crippen LogP) is 3.28. The van der Waals surface area contributed by atoms with Crippen molar-refractivity contribution < 1.29 is 4.39 Å². The molecule has 0 aliphatic rings. The Bertz CT molecular complexity index is 956. The molecular weight excluding hydrogens is 303 g/mol. The largest absolute Gasteiger partial charge is 0.368 e. The van der Waals surface area contributed by atoms with Crippen molar-refractivity contribution in [3.05, 3.63) is 70.9 Å². The molecule has 3 aromatic rings. The van der Waals surface area contributed by atoms with E-state index in [2.05, 4.69) is 26.8 Å². The van der Waals surface area contributed by atoms with Gasteiger partial charge in [0.2, 0.25) is 5.95 Å². The molecule has 118 valence electrons. The third kappa shape index (κ3) is 3.23. The highest BCUT2D eigenvalue weighted by atomic mass is 19.1. The second kappa shape index (κ2) is 6.47. The molecular formula is C19H15FN4. The number of anilines is 1. The monoisotopic (exact) mass is 318 g/mol. The lowest BCUT2D eigenvalue weighted by molar-refractivity contribution is 0.619. The van der Waals surface area contributed by atoms with Crippen LogP contribution in [0.15, 0.2) is 42.7 Å². The average Bonchev–Trinajstić information content (AvgIpc) is 2.57. The van der Waals surface area contributed by atoms with Gasteiger partial charge < -0.3 is 5.73 Å². The number of hydrogen-bond donors (Lipinski definition) is 1. The van der Waals surface area contributed by atoms with E-state index in [0.29, 0.717) is 28.1 Å². The Hall–Kier alpha value is -3.26. The van der Waals surface area contributed by atoms with Crippen LogP contribution in [0.1, 0.15) is 22.4 Å². The van der Waals surface area contributed by atoms with Crippen molar-refractivity contribution in [2.45, 2.75) is 13.8 Å². The molecule has 2 aromatic heterocycles. The van der Waals surface area contributed by atoms with Gasteiger partial charge >= 0.3 is 0 Å². The molecule has 5 heteroatoms. The van der Waals surface area contributed by atoms with Crippen LogP contribution in [0.4, 0.5) is 10.3 Å². The lowest BCUT2D eigenvalue weighted by Crippen LogP contribution is -2.03. The van der Waals surface area contributed by atoms with Crippen LogP contribution in [0.2, 0.25) is 0 Å². The zero-order chi connectivity index (χ0) is 17.1. The van der Waals surface area contributed by atoms with Crippen LogP contribution in [-0.2, 0) is 0 Å². The number of nitrogens with zero attached hydrogens (tertiary/aromatic N) is 3.